The van der Waals surface area contributed by atoms with Crippen molar-refractivity contribution in [2.45, 2.75) is 13.5 Å². The Morgan fingerprint density at radius 1 is 1.04 bits per heavy atom. The maximum absolute atomic E-state index is 11.9. The van der Waals surface area contributed by atoms with E-state index in [9.17, 15) is 4.79 Å². The van der Waals surface area contributed by atoms with Crippen LogP contribution in [-0.4, -0.2) is 26.7 Å². The molecule has 5 heteroatoms. The summed E-state index contributed by atoms with van der Waals surface area (Å²) in [6.45, 7) is 2.29. The number of hydrogen-bond donors (Lipinski definition) is 1. The molecule has 1 amide bonds. The molecule has 2 aromatic rings. The molecule has 5 nitrogen and oxygen atoms in total. The number of ether oxygens (including phenoxy) is 3. The number of benzene rings is 2. The first-order valence-corrected chi connectivity index (χ1v) is 7.29. The Morgan fingerprint density at radius 3 is 2.57 bits per heavy atom. The van der Waals surface area contributed by atoms with Crippen molar-refractivity contribution >= 4 is 5.91 Å². The standard InChI is InChI=1S/C18H21NO4/c1-13-5-4-6-16(9-13)23-12-18(20)19-11-14-10-15(21-2)7-8-17(14)22-3/h4-10H,11-12H2,1-3H3,(H,19,20). The molecule has 0 unspecified atom stereocenters. The summed E-state index contributed by atoms with van der Waals surface area (Å²) in [6.07, 6.45) is 0. The van der Waals surface area contributed by atoms with Crippen LogP contribution in [0.25, 0.3) is 0 Å². The minimum Gasteiger partial charge on any atom is -0.497 e. The van der Waals surface area contributed by atoms with Crippen molar-refractivity contribution in [3.8, 4) is 17.2 Å². The van der Waals surface area contributed by atoms with Crippen LogP contribution in [0.15, 0.2) is 42.5 Å². The molecule has 122 valence electrons. The van der Waals surface area contributed by atoms with E-state index < -0.39 is 0 Å². The Morgan fingerprint density at radius 2 is 1.87 bits per heavy atom. The molecule has 0 aromatic heterocycles. The Bertz CT molecular complexity index is 670. The van der Waals surface area contributed by atoms with Crippen LogP contribution in [0.5, 0.6) is 17.2 Å². The monoisotopic (exact) mass is 315 g/mol. The molecule has 23 heavy (non-hydrogen) atoms. The van der Waals surface area contributed by atoms with Crippen molar-refractivity contribution in [1.29, 1.82) is 0 Å². The minimum atomic E-state index is -0.198. The van der Waals surface area contributed by atoms with Gasteiger partial charge in [0.15, 0.2) is 6.61 Å². The number of rotatable bonds is 7. The van der Waals surface area contributed by atoms with E-state index in [-0.39, 0.29) is 12.5 Å². The average Bonchev–Trinajstić information content (AvgIpc) is 2.57. The molecule has 0 bridgehead atoms. The molecule has 0 atom stereocenters. The summed E-state index contributed by atoms with van der Waals surface area (Å²) in [6, 6.07) is 13.0. The first-order chi connectivity index (χ1) is 11.1. The van der Waals surface area contributed by atoms with Gasteiger partial charge in [-0.3, -0.25) is 4.79 Å². The van der Waals surface area contributed by atoms with Crippen molar-refractivity contribution in [1.82, 2.24) is 5.32 Å². The third kappa shape index (κ3) is 4.92. The van der Waals surface area contributed by atoms with Gasteiger partial charge in [0.1, 0.15) is 17.2 Å². The van der Waals surface area contributed by atoms with Crippen molar-refractivity contribution in [2.75, 3.05) is 20.8 Å². The molecule has 0 saturated carbocycles. The third-order valence-electron chi connectivity index (χ3n) is 3.32. The Labute approximate surface area is 136 Å². The van der Waals surface area contributed by atoms with E-state index in [2.05, 4.69) is 5.32 Å². The summed E-state index contributed by atoms with van der Waals surface area (Å²) in [5.41, 5.74) is 1.93. The molecule has 0 saturated heterocycles. The highest BCUT2D eigenvalue weighted by Gasteiger charge is 2.08. The molecule has 0 spiro atoms. The molecule has 0 heterocycles. The van der Waals surface area contributed by atoms with Crippen LogP contribution in [-0.2, 0) is 11.3 Å². The lowest BCUT2D eigenvalue weighted by atomic mass is 10.2. The predicted molar refractivity (Wildman–Crippen MR) is 88.1 cm³/mol. The highest BCUT2D eigenvalue weighted by molar-refractivity contribution is 5.77. The average molecular weight is 315 g/mol. The first-order valence-electron chi connectivity index (χ1n) is 7.29. The van der Waals surface area contributed by atoms with Crippen molar-refractivity contribution in [3.63, 3.8) is 0 Å². The van der Waals surface area contributed by atoms with Gasteiger partial charge in [-0.15, -0.1) is 0 Å². The van der Waals surface area contributed by atoms with E-state index in [0.717, 1.165) is 11.1 Å². The van der Waals surface area contributed by atoms with Crippen LogP contribution in [0.4, 0.5) is 0 Å². The maximum atomic E-state index is 11.9. The Balaban J connectivity index is 1.89. The van der Waals surface area contributed by atoms with Crippen LogP contribution in [0, 0.1) is 6.92 Å². The highest BCUT2D eigenvalue weighted by Crippen LogP contribution is 2.23. The van der Waals surface area contributed by atoms with Gasteiger partial charge < -0.3 is 19.5 Å². The fraction of sp³-hybridized carbons (Fsp3) is 0.278. The van der Waals surface area contributed by atoms with Crippen molar-refractivity contribution in [2.24, 2.45) is 0 Å². The Kier molecular flexibility index (Phi) is 5.86. The topological polar surface area (TPSA) is 56.8 Å². The predicted octanol–water partition coefficient (Wildman–Crippen LogP) is 2.71. The molecule has 0 aliphatic heterocycles. The number of aryl methyl sites for hydroxylation is 1. The lowest BCUT2D eigenvalue weighted by Crippen LogP contribution is -2.28. The second kappa shape index (κ2) is 8.08. The molecule has 0 fully saturated rings. The van der Waals surface area contributed by atoms with Gasteiger partial charge in [0.05, 0.1) is 14.2 Å². The van der Waals surface area contributed by atoms with Gasteiger partial charge in [-0.1, -0.05) is 12.1 Å². The van der Waals surface area contributed by atoms with Gasteiger partial charge in [-0.25, -0.2) is 0 Å². The molecule has 0 aliphatic rings. The van der Waals surface area contributed by atoms with Crippen molar-refractivity contribution in [3.05, 3.63) is 53.6 Å². The molecule has 2 aromatic carbocycles. The summed E-state index contributed by atoms with van der Waals surface area (Å²) in [7, 11) is 3.19. The second-order valence-electron chi connectivity index (χ2n) is 5.06. The lowest BCUT2D eigenvalue weighted by molar-refractivity contribution is -0.123. The summed E-state index contributed by atoms with van der Waals surface area (Å²) in [5.74, 6) is 1.90. The number of nitrogens with one attached hydrogen (secondary N) is 1. The van der Waals surface area contributed by atoms with Gasteiger partial charge in [0.25, 0.3) is 5.91 Å². The van der Waals surface area contributed by atoms with Crippen LogP contribution in [0.2, 0.25) is 0 Å². The summed E-state index contributed by atoms with van der Waals surface area (Å²) >= 11 is 0. The van der Waals surface area contributed by atoms with Gasteiger partial charge in [0, 0.05) is 12.1 Å². The van der Waals surface area contributed by atoms with Crippen LogP contribution >= 0.6 is 0 Å². The van der Waals surface area contributed by atoms with Crippen LogP contribution in [0.1, 0.15) is 11.1 Å². The lowest BCUT2D eigenvalue weighted by Gasteiger charge is -2.12. The van der Waals surface area contributed by atoms with Crippen LogP contribution < -0.4 is 19.5 Å². The summed E-state index contributed by atoms with van der Waals surface area (Å²) < 4.78 is 15.9. The summed E-state index contributed by atoms with van der Waals surface area (Å²) in [5, 5.41) is 2.81. The van der Waals surface area contributed by atoms with Gasteiger partial charge in [-0.05, 0) is 42.8 Å². The molecule has 0 aliphatic carbocycles. The van der Waals surface area contributed by atoms with E-state index in [1.165, 1.54) is 0 Å². The summed E-state index contributed by atoms with van der Waals surface area (Å²) in [4.78, 5) is 11.9. The normalized spacial score (nSPS) is 10.0. The molecule has 2 rings (SSSR count). The fourth-order valence-electron chi connectivity index (χ4n) is 2.12. The number of amides is 1. The molecular weight excluding hydrogens is 294 g/mol. The number of methoxy groups -OCH3 is 2. The van der Waals surface area contributed by atoms with E-state index >= 15 is 0 Å². The van der Waals surface area contributed by atoms with Gasteiger partial charge in [0.2, 0.25) is 0 Å². The quantitative estimate of drug-likeness (QED) is 0.853. The number of carbonyl (C=O) groups is 1. The molecule has 0 radical (unpaired) electrons. The van der Waals surface area contributed by atoms with E-state index in [4.69, 9.17) is 14.2 Å². The smallest absolute Gasteiger partial charge is 0.258 e. The fourth-order valence-corrected chi connectivity index (χ4v) is 2.12. The van der Waals surface area contributed by atoms with Gasteiger partial charge >= 0.3 is 0 Å². The molecular formula is C18H21NO4. The van der Waals surface area contributed by atoms with Crippen LogP contribution in [0.3, 0.4) is 0 Å². The number of hydrogen-bond acceptors (Lipinski definition) is 4. The molecule has 1 N–H and O–H groups in total. The zero-order valence-electron chi connectivity index (χ0n) is 13.6. The highest BCUT2D eigenvalue weighted by atomic mass is 16.5. The largest absolute Gasteiger partial charge is 0.497 e. The SMILES string of the molecule is COc1ccc(OC)c(CNC(=O)COc2cccc(C)c2)c1. The van der Waals surface area contributed by atoms with Crippen molar-refractivity contribution < 1.29 is 19.0 Å². The zero-order valence-corrected chi connectivity index (χ0v) is 13.6. The first kappa shape index (κ1) is 16.7. The van der Waals surface area contributed by atoms with E-state index in [1.807, 2.05) is 49.4 Å². The zero-order chi connectivity index (χ0) is 16.7. The number of carbonyl (C=O) groups excluding carboxylic acids is 1. The minimum absolute atomic E-state index is 0.0320. The third-order valence-corrected chi connectivity index (χ3v) is 3.32. The van der Waals surface area contributed by atoms with E-state index in [0.29, 0.717) is 23.8 Å². The van der Waals surface area contributed by atoms with E-state index in [1.54, 1.807) is 14.2 Å². The van der Waals surface area contributed by atoms with Gasteiger partial charge in [-0.2, -0.15) is 0 Å². The maximum Gasteiger partial charge on any atom is 0.258 e. The second-order valence-corrected chi connectivity index (χ2v) is 5.06. The Hall–Kier alpha value is -2.69.